The molecule has 0 spiro atoms. The fraction of sp³-hybridized carbons (Fsp3) is 0. The molecule has 3 radical (unpaired) electrons. The van der Waals surface area contributed by atoms with E-state index in [1.807, 2.05) is 24.3 Å². The van der Waals surface area contributed by atoms with Crippen molar-refractivity contribution in [1.29, 1.82) is 0 Å². The van der Waals surface area contributed by atoms with E-state index in [2.05, 4.69) is 36.4 Å². The molecule has 3 rings (SSSR count). The highest BCUT2D eigenvalue weighted by Gasteiger charge is 1.96. The fourth-order valence-corrected chi connectivity index (χ4v) is 1.67. The summed E-state index contributed by atoms with van der Waals surface area (Å²) < 4.78 is 0. The van der Waals surface area contributed by atoms with Gasteiger partial charge in [0, 0.05) is 0 Å². The van der Waals surface area contributed by atoms with Crippen LogP contribution in [0.1, 0.15) is 0 Å². The summed E-state index contributed by atoms with van der Waals surface area (Å²) in [6, 6.07) is 23.6. The zero-order valence-corrected chi connectivity index (χ0v) is 7.54. The molecule has 3 aromatic carbocycles. The molecule has 0 aromatic heterocycles. The van der Waals surface area contributed by atoms with Crippen LogP contribution in [0.15, 0.2) is 42.5 Å². The molecule has 0 heteroatoms. The van der Waals surface area contributed by atoms with E-state index in [1.165, 1.54) is 5.39 Å². The van der Waals surface area contributed by atoms with Gasteiger partial charge in [-0.3, -0.25) is 0 Å². The second-order valence-corrected chi connectivity index (χ2v) is 3.28. The Morgan fingerprint density at radius 1 is 0.714 bits per heavy atom. The maximum atomic E-state index is 3.21. The molecule has 63 valence electrons. The summed E-state index contributed by atoms with van der Waals surface area (Å²) in [6.45, 7) is 0. The minimum Gasteiger partial charge on any atom is -0.0610 e. The molecule has 0 bridgehead atoms. The summed E-state index contributed by atoms with van der Waals surface area (Å²) in [5, 5.41) is 4.55. The first kappa shape index (κ1) is 7.57. The number of hydrogen-bond acceptors (Lipinski definition) is 0. The monoisotopic (exact) mass is 175 g/mol. The second-order valence-electron chi connectivity index (χ2n) is 3.28. The van der Waals surface area contributed by atoms with E-state index in [-0.39, 0.29) is 0 Å². The number of benzene rings is 3. The van der Waals surface area contributed by atoms with E-state index in [0.717, 1.165) is 16.2 Å². The average Bonchev–Trinajstić information content (AvgIpc) is 2.26. The highest BCUT2D eigenvalue weighted by molar-refractivity contribution is 5.97. The highest BCUT2D eigenvalue weighted by Crippen LogP contribution is 2.21. The van der Waals surface area contributed by atoms with Crippen LogP contribution in [0.2, 0.25) is 0 Å². The summed E-state index contributed by atoms with van der Waals surface area (Å²) in [5.74, 6) is 0. The van der Waals surface area contributed by atoms with Gasteiger partial charge in [-0.1, -0.05) is 30.3 Å². The smallest absolute Gasteiger partial charge is 0.00923 e. The first-order valence-corrected chi connectivity index (χ1v) is 4.56. The summed E-state index contributed by atoms with van der Waals surface area (Å²) in [6.07, 6.45) is 0. The lowest BCUT2D eigenvalue weighted by Gasteiger charge is -1.99. The van der Waals surface area contributed by atoms with Crippen LogP contribution in [0, 0.1) is 18.2 Å². The van der Waals surface area contributed by atoms with Crippen molar-refractivity contribution in [2.45, 2.75) is 0 Å². The standard InChI is InChI=1S/C14H7/c1-2-6-12-10-14-8-4-3-7-13(14)9-11(12)5-1/h1-5,9-10H. The molecule has 0 aliphatic rings. The van der Waals surface area contributed by atoms with Crippen molar-refractivity contribution in [3.63, 3.8) is 0 Å². The predicted octanol–water partition coefficient (Wildman–Crippen LogP) is 3.39. The number of rotatable bonds is 0. The largest absolute Gasteiger partial charge is 0.0610 e. The summed E-state index contributed by atoms with van der Waals surface area (Å²) in [7, 11) is 0. The van der Waals surface area contributed by atoms with Crippen LogP contribution in [0.25, 0.3) is 21.5 Å². The molecule has 0 aliphatic carbocycles. The molecular formula is C14H7. The van der Waals surface area contributed by atoms with Crippen LogP contribution in [0.4, 0.5) is 0 Å². The number of fused-ring (bicyclic) bond motifs is 2. The van der Waals surface area contributed by atoms with Crippen molar-refractivity contribution in [2.75, 3.05) is 0 Å². The van der Waals surface area contributed by atoms with Gasteiger partial charge in [0.15, 0.2) is 0 Å². The molecule has 0 fully saturated rings. The third-order valence-corrected chi connectivity index (χ3v) is 2.36. The van der Waals surface area contributed by atoms with Crippen LogP contribution in [0.3, 0.4) is 0 Å². The molecule has 0 unspecified atom stereocenters. The van der Waals surface area contributed by atoms with Crippen molar-refractivity contribution < 1.29 is 0 Å². The minimum atomic E-state index is 1.10. The van der Waals surface area contributed by atoms with Crippen molar-refractivity contribution in [3.05, 3.63) is 60.7 Å². The van der Waals surface area contributed by atoms with Crippen LogP contribution < -0.4 is 0 Å². The summed E-state index contributed by atoms with van der Waals surface area (Å²) >= 11 is 0. The first-order chi connectivity index (χ1) is 6.93. The van der Waals surface area contributed by atoms with Gasteiger partial charge in [0.1, 0.15) is 0 Å². The Balaban J connectivity index is 2.52. The summed E-state index contributed by atoms with van der Waals surface area (Å²) in [5.41, 5.74) is 0. The average molecular weight is 175 g/mol. The third-order valence-electron chi connectivity index (χ3n) is 2.36. The van der Waals surface area contributed by atoms with Gasteiger partial charge < -0.3 is 0 Å². The highest BCUT2D eigenvalue weighted by atomic mass is 14.0. The zero-order valence-electron chi connectivity index (χ0n) is 7.54. The molecule has 0 N–H and O–H groups in total. The molecule has 0 saturated heterocycles. The molecule has 0 atom stereocenters. The van der Waals surface area contributed by atoms with Gasteiger partial charge in [-0.2, -0.15) is 0 Å². The van der Waals surface area contributed by atoms with Crippen LogP contribution in [0.5, 0.6) is 0 Å². The van der Waals surface area contributed by atoms with E-state index < -0.39 is 0 Å². The van der Waals surface area contributed by atoms with E-state index in [4.69, 9.17) is 0 Å². The molecule has 3 aromatic rings. The van der Waals surface area contributed by atoms with Crippen molar-refractivity contribution in [2.24, 2.45) is 0 Å². The molecule has 14 heavy (non-hydrogen) atoms. The lowest BCUT2D eigenvalue weighted by molar-refractivity contribution is 1.74. The molecule has 0 heterocycles. The van der Waals surface area contributed by atoms with Gasteiger partial charge in [-0.05, 0) is 51.9 Å². The quantitative estimate of drug-likeness (QED) is 0.459. The Hall–Kier alpha value is -1.82. The lowest BCUT2D eigenvalue weighted by atomic mass is 10.0. The lowest BCUT2D eigenvalue weighted by Crippen LogP contribution is -1.75. The van der Waals surface area contributed by atoms with E-state index in [1.54, 1.807) is 0 Å². The van der Waals surface area contributed by atoms with Gasteiger partial charge >= 0.3 is 0 Å². The fourth-order valence-electron chi connectivity index (χ4n) is 1.67. The van der Waals surface area contributed by atoms with Gasteiger partial charge in [0.2, 0.25) is 0 Å². The third kappa shape index (κ3) is 1.08. The van der Waals surface area contributed by atoms with Crippen LogP contribution in [-0.4, -0.2) is 0 Å². The molecule has 0 aliphatic heterocycles. The first-order valence-electron chi connectivity index (χ1n) is 4.56. The van der Waals surface area contributed by atoms with Gasteiger partial charge in [0.05, 0.1) is 0 Å². The van der Waals surface area contributed by atoms with E-state index in [0.29, 0.717) is 0 Å². The number of hydrogen-bond donors (Lipinski definition) is 0. The normalized spacial score (nSPS) is 10.9. The van der Waals surface area contributed by atoms with E-state index >= 15 is 0 Å². The van der Waals surface area contributed by atoms with Gasteiger partial charge in [0.25, 0.3) is 0 Å². The van der Waals surface area contributed by atoms with Crippen molar-refractivity contribution >= 4 is 21.5 Å². The summed E-state index contributed by atoms with van der Waals surface area (Å²) in [4.78, 5) is 0. The second kappa shape index (κ2) is 2.85. The molecule has 0 amide bonds. The van der Waals surface area contributed by atoms with E-state index in [9.17, 15) is 0 Å². The SMILES string of the molecule is [c]1cc[c]c2cc3ccc[c]c3cc12. The minimum absolute atomic E-state index is 1.10. The Kier molecular flexibility index (Phi) is 1.54. The predicted molar refractivity (Wildman–Crippen MR) is 58.0 cm³/mol. The zero-order chi connectivity index (χ0) is 9.38. The van der Waals surface area contributed by atoms with Crippen LogP contribution >= 0.6 is 0 Å². The van der Waals surface area contributed by atoms with Crippen molar-refractivity contribution in [1.82, 2.24) is 0 Å². The maximum absolute atomic E-state index is 3.21. The van der Waals surface area contributed by atoms with Gasteiger partial charge in [-0.25, -0.2) is 0 Å². The van der Waals surface area contributed by atoms with Gasteiger partial charge in [-0.15, -0.1) is 0 Å². The topological polar surface area (TPSA) is 0 Å². The molecule has 0 nitrogen and oxygen atoms in total. The molecular weight excluding hydrogens is 168 g/mol. The van der Waals surface area contributed by atoms with Crippen LogP contribution in [-0.2, 0) is 0 Å². The Bertz CT molecular complexity index is 489. The Labute approximate surface area is 82.8 Å². The maximum Gasteiger partial charge on any atom is -0.00923 e. The van der Waals surface area contributed by atoms with Crippen molar-refractivity contribution in [3.8, 4) is 0 Å². The Morgan fingerprint density at radius 2 is 1.43 bits per heavy atom. The molecule has 0 saturated carbocycles. The Morgan fingerprint density at radius 3 is 2.29 bits per heavy atom.